The smallest absolute Gasteiger partial charge is 0.311 e. The molecule has 3 aliphatic rings. The summed E-state index contributed by atoms with van der Waals surface area (Å²) in [5.41, 5.74) is -2.95. The normalized spacial score (nSPS) is 39.9. The summed E-state index contributed by atoms with van der Waals surface area (Å²) < 4.78 is 39.9. The molecule has 1 aromatic carbocycles. The molecule has 0 radical (unpaired) electrons. The van der Waals surface area contributed by atoms with Crippen LogP contribution in [0.15, 0.2) is 36.5 Å². The first-order valence-electron chi connectivity index (χ1n) is 24.8. The lowest BCUT2D eigenvalue weighted by atomic mass is 9.77. The number of aryl methyl sites for hydroxylation is 2. The molecule has 5 rings (SSSR count). The summed E-state index contributed by atoms with van der Waals surface area (Å²) in [6.45, 7) is 18.8. The van der Waals surface area contributed by atoms with E-state index in [0.717, 1.165) is 5.56 Å². The largest absolute Gasteiger partial charge is 0.459 e. The van der Waals surface area contributed by atoms with Gasteiger partial charge in [-0.15, -0.1) is 5.10 Å². The van der Waals surface area contributed by atoms with Crippen molar-refractivity contribution in [2.75, 3.05) is 34.3 Å². The molecule has 0 bridgehead atoms. The molecule has 0 amide bonds. The number of benzene rings is 1. The number of methoxy groups -OCH3 is 1. The van der Waals surface area contributed by atoms with Gasteiger partial charge in [-0.05, 0) is 106 Å². The molecule has 4 heterocycles. The molecule has 18 atom stereocenters. The number of aromatic nitrogens is 3. The first kappa shape index (κ1) is 57.4. The third kappa shape index (κ3) is 13.8. The van der Waals surface area contributed by atoms with Crippen molar-refractivity contribution in [1.82, 2.24) is 24.8 Å². The molecule has 70 heavy (non-hydrogen) atoms. The lowest BCUT2D eigenvalue weighted by Crippen LogP contribution is -2.60. The van der Waals surface area contributed by atoms with Crippen LogP contribution in [0.5, 0.6) is 0 Å². The summed E-state index contributed by atoms with van der Waals surface area (Å²) in [6, 6.07) is 5.38. The van der Waals surface area contributed by atoms with E-state index in [1.165, 1.54) is 26.2 Å². The van der Waals surface area contributed by atoms with E-state index in [1.807, 2.05) is 56.1 Å². The number of carbonyl (C=O) groups is 1. The van der Waals surface area contributed by atoms with E-state index >= 15 is 0 Å². The van der Waals surface area contributed by atoms with Crippen LogP contribution in [-0.4, -0.2) is 186 Å². The number of carbonyl (C=O) groups excluding carboxylic acids is 1. The van der Waals surface area contributed by atoms with Gasteiger partial charge in [-0.25, -0.2) is 0 Å². The van der Waals surface area contributed by atoms with Crippen molar-refractivity contribution in [2.45, 2.75) is 198 Å². The van der Waals surface area contributed by atoms with Crippen LogP contribution in [0, 0.1) is 27.9 Å². The van der Waals surface area contributed by atoms with Crippen molar-refractivity contribution in [3.63, 3.8) is 0 Å². The molecule has 1 aromatic heterocycles. The fourth-order valence-electron chi connectivity index (χ4n) is 10.7. The molecule has 0 saturated carbocycles. The second-order valence-corrected chi connectivity index (χ2v) is 21.1. The number of hydrogen-bond donors (Lipinski definition) is 5. The zero-order chi connectivity index (χ0) is 52.0. The number of nitrogens with zero attached hydrogens (tertiary/aromatic N) is 6. The highest BCUT2D eigenvalue weighted by molar-refractivity contribution is 5.73. The van der Waals surface area contributed by atoms with Crippen LogP contribution in [0.3, 0.4) is 0 Å². The molecule has 2 aromatic rings. The molecule has 0 aliphatic carbocycles. The number of hydrogen-bond acceptors (Lipinski definition) is 18. The Hall–Kier alpha value is -3.51. The van der Waals surface area contributed by atoms with E-state index in [2.05, 4.69) is 10.3 Å². The number of esters is 1. The third-order valence-electron chi connectivity index (χ3n) is 15.1. The highest BCUT2D eigenvalue weighted by Gasteiger charge is 2.53. The molecule has 0 unspecified atom stereocenters. The van der Waals surface area contributed by atoms with Gasteiger partial charge in [0.1, 0.15) is 35.7 Å². The van der Waals surface area contributed by atoms with E-state index in [-0.39, 0.29) is 37.0 Å². The maximum absolute atomic E-state index is 14.5. The summed E-state index contributed by atoms with van der Waals surface area (Å²) >= 11 is 0. The summed E-state index contributed by atoms with van der Waals surface area (Å²) in [7, 11) is 5.21. The minimum atomic E-state index is -1.84. The Morgan fingerprint density at radius 1 is 1.00 bits per heavy atom. The lowest BCUT2D eigenvalue weighted by molar-refractivity contribution is -0.384. The molecule has 396 valence electrons. The number of ether oxygens (including phenoxy) is 6. The van der Waals surface area contributed by atoms with Gasteiger partial charge in [-0.1, -0.05) is 44.2 Å². The second kappa shape index (κ2) is 24.0. The van der Waals surface area contributed by atoms with Gasteiger partial charge < -0.3 is 58.9 Å². The van der Waals surface area contributed by atoms with Crippen LogP contribution in [0.4, 0.5) is 5.69 Å². The number of rotatable bonds is 14. The fraction of sp³-hybridized carbons (Fsp3) is 0.780. The Labute approximate surface area is 413 Å². The number of non-ortho nitro benzene ring substituents is 1. The van der Waals surface area contributed by atoms with E-state index in [4.69, 9.17) is 28.4 Å². The van der Waals surface area contributed by atoms with Gasteiger partial charge in [0, 0.05) is 63.3 Å². The van der Waals surface area contributed by atoms with Gasteiger partial charge >= 0.3 is 5.97 Å². The zero-order valence-electron chi connectivity index (χ0n) is 43.5. The van der Waals surface area contributed by atoms with Crippen LogP contribution < -0.4 is 0 Å². The van der Waals surface area contributed by atoms with Crippen LogP contribution in [0.25, 0.3) is 6.08 Å². The molecule has 20 heteroatoms. The first-order valence-corrected chi connectivity index (χ1v) is 24.8. The molecular formula is C50H82N6O14. The van der Waals surface area contributed by atoms with E-state index in [1.54, 1.807) is 65.3 Å². The van der Waals surface area contributed by atoms with Crippen molar-refractivity contribution < 1.29 is 63.7 Å². The zero-order valence-corrected chi connectivity index (χ0v) is 43.5. The van der Waals surface area contributed by atoms with E-state index in [9.17, 15) is 40.4 Å². The minimum absolute atomic E-state index is 0.0367. The van der Waals surface area contributed by atoms with Gasteiger partial charge in [0.15, 0.2) is 12.6 Å². The first-order chi connectivity index (χ1) is 32.7. The third-order valence-corrected chi connectivity index (χ3v) is 15.1. The van der Waals surface area contributed by atoms with Gasteiger partial charge in [-0.2, -0.15) is 0 Å². The minimum Gasteiger partial charge on any atom is -0.459 e. The summed E-state index contributed by atoms with van der Waals surface area (Å²) in [5, 5.41) is 79.0. The second-order valence-electron chi connectivity index (χ2n) is 21.1. The van der Waals surface area contributed by atoms with Gasteiger partial charge in [-0.3, -0.25) is 24.5 Å². The lowest BCUT2D eigenvalue weighted by Gasteiger charge is -2.49. The summed E-state index contributed by atoms with van der Waals surface area (Å²) in [4.78, 5) is 28.9. The Bertz CT molecular complexity index is 2020. The highest BCUT2D eigenvalue weighted by atomic mass is 16.7. The van der Waals surface area contributed by atoms with E-state index in [0.29, 0.717) is 38.2 Å². The van der Waals surface area contributed by atoms with Crippen LogP contribution >= 0.6 is 0 Å². The van der Waals surface area contributed by atoms with Crippen molar-refractivity contribution >= 4 is 17.7 Å². The molecule has 5 N–H and O–H groups in total. The van der Waals surface area contributed by atoms with Gasteiger partial charge in [0.2, 0.25) is 0 Å². The highest BCUT2D eigenvalue weighted by Crippen LogP contribution is 2.40. The summed E-state index contributed by atoms with van der Waals surface area (Å²) in [6.07, 6.45) is -3.04. The van der Waals surface area contributed by atoms with Crippen molar-refractivity contribution in [1.29, 1.82) is 0 Å². The Kier molecular flexibility index (Phi) is 19.7. The number of cyclic esters (lactones) is 1. The number of nitro groups is 1. The Morgan fingerprint density at radius 3 is 2.30 bits per heavy atom. The molecular weight excluding hydrogens is 909 g/mol. The maximum Gasteiger partial charge on any atom is 0.311 e. The van der Waals surface area contributed by atoms with Crippen LogP contribution in [-0.2, 0) is 46.2 Å². The number of aliphatic hydroxyl groups excluding tert-OH is 3. The number of likely N-dealkylation sites (N-methyl/N-ethyl adjacent to an activating group) is 2. The Morgan fingerprint density at radius 2 is 1.67 bits per heavy atom. The topological polar surface area (TPSA) is 254 Å². The standard InChI is InChI=1S/C50H82N6O14/c1-14-39-50(10,62)43(58)33(6)54(12)27-29(2)25-48(8,61)45(31(4)42(32(5)46(60)68-39)69-40-26-49(9,65-13)44(59)34(7)67-40)70-47-41(57)38(24-30(3)66-47)53(11)22-15-16-36-28-55(52-51-36)23-21-35-17-19-37(20-18-35)56(63)64/h15-20,28-34,38-45,47,57-59,61-62H,14,21-27H2,1-13H3/t29-,30-,31+,32-,33-,34+,38+,39-,40+,41-,42+,43-,44+,45-,47+,48-,49-,50-/m1/s1. The maximum atomic E-state index is 14.5. The molecule has 3 saturated heterocycles. The quantitative estimate of drug-likeness (QED) is 0.103. The van der Waals surface area contributed by atoms with E-state index < -0.39 is 107 Å². The predicted octanol–water partition coefficient (Wildman–Crippen LogP) is 3.73. The average Bonchev–Trinajstić information content (AvgIpc) is 3.76. The van der Waals surface area contributed by atoms with Crippen molar-refractivity contribution in [3.05, 3.63) is 57.9 Å². The Balaban J connectivity index is 1.42. The molecule has 3 fully saturated rings. The number of nitro benzene ring substituents is 1. The predicted molar refractivity (Wildman–Crippen MR) is 259 cm³/mol. The van der Waals surface area contributed by atoms with Crippen LogP contribution in [0.1, 0.15) is 106 Å². The monoisotopic (exact) mass is 991 g/mol. The van der Waals surface area contributed by atoms with Crippen molar-refractivity contribution in [3.8, 4) is 0 Å². The SMILES string of the molecule is CC[C@H]1OC(=O)[C@H](C)[C@@H](O[C@H]2C[C@@](C)(OC)[C@@H](O)[C@H](C)O2)[C@H](C)[C@@H](O[C@@H]2O[C@H](C)C[C@H](N(C)CC=Cc3cn(CCc4ccc([N+](=O)[O-])cc4)nn3)[C@H]2O)[C@](C)(O)C[C@@H](C)CN(C)[C@H](C)[C@@H](O)[C@]1(C)O. The van der Waals surface area contributed by atoms with Crippen molar-refractivity contribution in [2.24, 2.45) is 17.8 Å². The fourth-order valence-corrected chi connectivity index (χ4v) is 10.7. The van der Waals surface area contributed by atoms with Crippen LogP contribution in [0.2, 0.25) is 0 Å². The van der Waals surface area contributed by atoms with Gasteiger partial charge in [0.25, 0.3) is 5.69 Å². The van der Waals surface area contributed by atoms with Gasteiger partial charge in [0.05, 0.1) is 52.7 Å². The molecule has 3 aliphatic heterocycles. The molecule has 20 nitrogen and oxygen atoms in total. The number of aliphatic hydroxyl groups is 5. The average molecular weight is 991 g/mol. The summed E-state index contributed by atoms with van der Waals surface area (Å²) in [5.74, 6) is -2.82. The molecule has 0 spiro atoms.